The lowest BCUT2D eigenvalue weighted by Crippen LogP contribution is -2.07. The first kappa shape index (κ1) is 20.5. The van der Waals surface area contributed by atoms with Gasteiger partial charge >= 0.3 is 0 Å². The van der Waals surface area contributed by atoms with Gasteiger partial charge in [-0.2, -0.15) is 5.10 Å². The number of hydrazone groups is 1. The SMILES string of the molecule is C#CCOc1c(/C=N\Nc2c(F)c(F)c(F)c(F)c2F)cc(Br)cc1OC. The number of hydrogen-bond donors (Lipinski definition) is 1. The molecule has 2 aromatic carbocycles. The molecule has 2 aromatic rings. The average Bonchev–Trinajstić information content (AvgIpc) is 2.66. The van der Waals surface area contributed by atoms with Gasteiger partial charge in [-0.15, -0.1) is 6.42 Å². The van der Waals surface area contributed by atoms with Crippen molar-refractivity contribution in [1.29, 1.82) is 0 Å². The van der Waals surface area contributed by atoms with E-state index in [2.05, 4.69) is 27.0 Å². The van der Waals surface area contributed by atoms with Gasteiger partial charge in [-0.25, -0.2) is 22.0 Å². The third-order valence-corrected chi connectivity index (χ3v) is 3.62. The van der Waals surface area contributed by atoms with Crippen LogP contribution in [0, 0.1) is 41.4 Å². The molecule has 0 radical (unpaired) electrons. The number of ether oxygens (including phenoxy) is 2. The highest BCUT2D eigenvalue weighted by Crippen LogP contribution is 2.34. The van der Waals surface area contributed by atoms with Crippen molar-refractivity contribution in [3.8, 4) is 23.8 Å². The zero-order chi connectivity index (χ0) is 20.1. The van der Waals surface area contributed by atoms with Gasteiger partial charge in [-0.1, -0.05) is 21.9 Å². The summed E-state index contributed by atoms with van der Waals surface area (Å²) in [6, 6.07) is 3.08. The second-order valence-electron chi connectivity index (χ2n) is 4.83. The smallest absolute Gasteiger partial charge is 0.200 e. The Bertz CT molecular complexity index is 915. The average molecular weight is 449 g/mol. The monoisotopic (exact) mass is 448 g/mol. The molecule has 0 fully saturated rings. The van der Waals surface area contributed by atoms with Gasteiger partial charge in [0.15, 0.2) is 34.8 Å². The van der Waals surface area contributed by atoms with Crippen molar-refractivity contribution in [3.63, 3.8) is 0 Å². The van der Waals surface area contributed by atoms with Crippen LogP contribution in [0.15, 0.2) is 21.7 Å². The van der Waals surface area contributed by atoms with Crippen LogP contribution in [0.3, 0.4) is 0 Å². The number of halogens is 6. The Morgan fingerprint density at radius 3 is 2.26 bits per heavy atom. The number of terminal acetylenes is 1. The molecule has 0 saturated heterocycles. The predicted octanol–water partition coefficient (Wildman–Crippen LogP) is 4.61. The van der Waals surface area contributed by atoms with E-state index in [4.69, 9.17) is 15.9 Å². The number of rotatable bonds is 6. The lowest BCUT2D eigenvalue weighted by molar-refractivity contribution is 0.330. The Labute approximate surface area is 159 Å². The standard InChI is InChI=1S/C17H10BrF5N2O2/c1-3-4-27-17-8(5-9(18)6-10(17)26-2)7-24-25-16-14(22)12(20)11(19)13(21)15(16)23/h1,5-7,25H,4H2,2H3/b24-7-. The van der Waals surface area contributed by atoms with Gasteiger partial charge < -0.3 is 9.47 Å². The summed E-state index contributed by atoms with van der Waals surface area (Å²) in [7, 11) is 1.37. The topological polar surface area (TPSA) is 42.8 Å². The van der Waals surface area contributed by atoms with Gasteiger partial charge in [0.1, 0.15) is 12.3 Å². The normalized spacial score (nSPS) is 10.7. The minimum atomic E-state index is -2.26. The highest BCUT2D eigenvalue weighted by atomic mass is 79.9. The molecule has 0 aliphatic carbocycles. The van der Waals surface area contributed by atoms with E-state index < -0.39 is 34.8 Å². The van der Waals surface area contributed by atoms with E-state index in [0.29, 0.717) is 4.47 Å². The Morgan fingerprint density at radius 1 is 1.11 bits per heavy atom. The van der Waals surface area contributed by atoms with E-state index in [0.717, 1.165) is 6.21 Å². The first-order chi connectivity index (χ1) is 12.8. The van der Waals surface area contributed by atoms with Crippen LogP contribution in [0.1, 0.15) is 5.56 Å². The van der Waals surface area contributed by atoms with E-state index >= 15 is 0 Å². The maximum absolute atomic E-state index is 13.6. The largest absolute Gasteiger partial charge is 0.493 e. The molecule has 1 N–H and O–H groups in total. The second-order valence-corrected chi connectivity index (χ2v) is 5.75. The molecule has 0 bridgehead atoms. The molecule has 2 rings (SSSR count). The van der Waals surface area contributed by atoms with Gasteiger partial charge in [0.2, 0.25) is 5.82 Å². The molecule has 0 aromatic heterocycles. The van der Waals surface area contributed by atoms with Gasteiger partial charge in [-0.3, -0.25) is 5.43 Å². The van der Waals surface area contributed by atoms with E-state index in [1.165, 1.54) is 13.2 Å². The molecule has 0 aliphatic rings. The summed E-state index contributed by atoms with van der Waals surface area (Å²) in [5.74, 6) is -7.83. The molecule has 0 unspecified atom stereocenters. The molecule has 0 atom stereocenters. The van der Waals surface area contributed by atoms with Crippen LogP contribution in [-0.4, -0.2) is 19.9 Å². The first-order valence-electron chi connectivity index (χ1n) is 7.06. The van der Waals surface area contributed by atoms with E-state index in [9.17, 15) is 22.0 Å². The molecule has 0 aliphatic heterocycles. The Morgan fingerprint density at radius 2 is 1.70 bits per heavy atom. The summed E-state index contributed by atoms with van der Waals surface area (Å²) >= 11 is 3.22. The van der Waals surface area contributed by atoms with Crippen LogP contribution >= 0.6 is 15.9 Å². The van der Waals surface area contributed by atoms with Gasteiger partial charge in [-0.05, 0) is 12.1 Å². The van der Waals surface area contributed by atoms with Crippen LogP contribution in [0.25, 0.3) is 0 Å². The summed E-state index contributed by atoms with van der Waals surface area (Å²) in [6.07, 6.45) is 6.18. The van der Waals surface area contributed by atoms with Crippen molar-refractivity contribution in [3.05, 3.63) is 51.3 Å². The quantitative estimate of drug-likeness (QED) is 0.175. The fourth-order valence-electron chi connectivity index (χ4n) is 1.97. The Hall–Kier alpha value is -2.80. The molecule has 10 heteroatoms. The number of benzene rings is 2. The number of nitrogens with one attached hydrogen (secondary N) is 1. The second kappa shape index (κ2) is 8.73. The van der Waals surface area contributed by atoms with Crippen LogP contribution in [0.4, 0.5) is 27.6 Å². The first-order valence-corrected chi connectivity index (χ1v) is 7.85. The number of methoxy groups -OCH3 is 1. The molecule has 27 heavy (non-hydrogen) atoms. The maximum Gasteiger partial charge on any atom is 0.200 e. The van der Waals surface area contributed by atoms with Crippen molar-refractivity contribution in [2.45, 2.75) is 0 Å². The lowest BCUT2D eigenvalue weighted by atomic mass is 10.2. The van der Waals surface area contributed by atoms with Crippen LogP contribution in [0.5, 0.6) is 11.5 Å². The minimum absolute atomic E-state index is 0.107. The van der Waals surface area contributed by atoms with Crippen molar-refractivity contribution in [1.82, 2.24) is 0 Å². The number of nitrogens with zero attached hydrogens (tertiary/aromatic N) is 1. The van der Waals surface area contributed by atoms with Gasteiger partial charge in [0.25, 0.3) is 0 Å². The van der Waals surface area contributed by atoms with Crippen molar-refractivity contribution in [2.75, 3.05) is 19.1 Å². The molecule has 0 amide bonds. The fourth-order valence-corrected chi connectivity index (χ4v) is 2.43. The molecule has 142 valence electrons. The highest BCUT2D eigenvalue weighted by Gasteiger charge is 2.25. The summed E-state index contributed by atoms with van der Waals surface area (Å²) < 4.78 is 77.7. The zero-order valence-corrected chi connectivity index (χ0v) is 15.1. The summed E-state index contributed by atoms with van der Waals surface area (Å²) in [4.78, 5) is 0. The minimum Gasteiger partial charge on any atom is -0.493 e. The zero-order valence-electron chi connectivity index (χ0n) is 13.5. The van der Waals surface area contributed by atoms with Crippen LogP contribution in [-0.2, 0) is 0 Å². The predicted molar refractivity (Wildman–Crippen MR) is 92.5 cm³/mol. The Balaban J connectivity index is 2.40. The van der Waals surface area contributed by atoms with E-state index in [1.807, 2.05) is 0 Å². The number of anilines is 1. The van der Waals surface area contributed by atoms with Crippen molar-refractivity contribution in [2.24, 2.45) is 5.10 Å². The molecular weight excluding hydrogens is 439 g/mol. The van der Waals surface area contributed by atoms with E-state index in [1.54, 1.807) is 11.5 Å². The molecule has 4 nitrogen and oxygen atoms in total. The van der Waals surface area contributed by atoms with Crippen LogP contribution in [0.2, 0.25) is 0 Å². The third kappa shape index (κ3) is 4.31. The molecule has 0 saturated carbocycles. The summed E-state index contributed by atoms with van der Waals surface area (Å²) in [5.41, 5.74) is 0.761. The van der Waals surface area contributed by atoms with E-state index in [-0.39, 0.29) is 23.7 Å². The highest BCUT2D eigenvalue weighted by molar-refractivity contribution is 9.10. The lowest BCUT2D eigenvalue weighted by Gasteiger charge is -2.12. The van der Waals surface area contributed by atoms with Crippen molar-refractivity contribution < 1.29 is 31.4 Å². The van der Waals surface area contributed by atoms with Crippen LogP contribution < -0.4 is 14.9 Å². The molecule has 0 heterocycles. The molecular formula is C17H10BrF5N2O2. The summed E-state index contributed by atoms with van der Waals surface area (Å²) in [5, 5.41) is 3.51. The fraction of sp³-hybridized carbons (Fsp3) is 0.118. The maximum atomic E-state index is 13.6. The van der Waals surface area contributed by atoms with Crippen molar-refractivity contribution >= 4 is 27.8 Å². The third-order valence-electron chi connectivity index (χ3n) is 3.16. The Kier molecular flexibility index (Phi) is 6.63. The molecule has 0 spiro atoms. The van der Waals surface area contributed by atoms with Gasteiger partial charge in [0, 0.05) is 10.0 Å². The summed E-state index contributed by atoms with van der Waals surface area (Å²) in [6.45, 7) is -0.107. The van der Waals surface area contributed by atoms with Gasteiger partial charge in [0.05, 0.1) is 13.3 Å². The number of hydrogen-bond acceptors (Lipinski definition) is 4.